The number of hydrogen-bond donors (Lipinski definition) is 1. The monoisotopic (exact) mass is 532 g/mol. The summed E-state index contributed by atoms with van der Waals surface area (Å²) in [6.07, 6.45) is 1.82. The molecule has 1 fully saturated rings. The van der Waals surface area contributed by atoms with Crippen molar-refractivity contribution in [2.24, 2.45) is 4.99 Å². The zero-order valence-corrected chi connectivity index (χ0v) is 19.9. The lowest BCUT2D eigenvalue weighted by molar-refractivity contribution is -0.115. The number of thioether (sulfide) groups is 1. The summed E-state index contributed by atoms with van der Waals surface area (Å²) in [5, 5.41) is 4.50. The Bertz CT molecular complexity index is 1200. The number of nitrogens with one attached hydrogen (secondary N) is 1. The summed E-state index contributed by atoms with van der Waals surface area (Å²) in [7, 11) is 0. The SMILES string of the molecule is O=C1NC(=Nc2cccc(Br)c2)S/C1=C\c1ccc(OCc2ccc(Cl)cc2Cl)cc1. The average Bonchev–Trinajstić information content (AvgIpc) is 3.07. The standard InChI is InChI=1S/C23H15BrCl2N2O2S/c24-16-2-1-3-18(11-16)27-23-28-22(29)21(31-23)10-14-4-8-19(9-5-14)30-13-15-6-7-17(25)12-20(15)26/h1-12H,13H2,(H,27,28,29)/b21-10-. The van der Waals surface area contributed by atoms with Crippen LogP contribution in [-0.2, 0) is 11.4 Å². The number of carbonyl (C=O) groups is 1. The fraction of sp³-hybridized carbons (Fsp3) is 0.0435. The number of hydrogen-bond acceptors (Lipinski definition) is 4. The van der Waals surface area contributed by atoms with E-state index in [0.717, 1.165) is 21.3 Å². The fourth-order valence-corrected chi connectivity index (χ4v) is 4.45. The van der Waals surface area contributed by atoms with E-state index >= 15 is 0 Å². The van der Waals surface area contributed by atoms with E-state index in [9.17, 15) is 4.79 Å². The number of aliphatic imine (C=N–C) groups is 1. The number of halogens is 3. The second kappa shape index (κ2) is 9.92. The highest BCUT2D eigenvalue weighted by molar-refractivity contribution is 9.10. The zero-order chi connectivity index (χ0) is 21.8. The van der Waals surface area contributed by atoms with Crippen molar-refractivity contribution < 1.29 is 9.53 Å². The fourth-order valence-electron chi connectivity index (χ4n) is 2.75. The molecule has 3 aromatic rings. The first kappa shape index (κ1) is 22.0. The average molecular weight is 534 g/mol. The van der Waals surface area contributed by atoms with Crippen molar-refractivity contribution in [3.05, 3.63) is 97.3 Å². The van der Waals surface area contributed by atoms with Crippen LogP contribution in [0.2, 0.25) is 10.0 Å². The molecule has 0 aromatic heterocycles. The van der Waals surface area contributed by atoms with Gasteiger partial charge in [-0.2, -0.15) is 0 Å². The summed E-state index contributed by atoms with van der Waals surface area (Å²) in [5.41, 5.74) is 2.51. The Kier molecular flexibility index (Phi) is 7.02. The van der Waals surface area contributed by atoms with Crippen molar-refractivity contribution in [3.63, 3.8) is 0 Å². The summed E-state index contributed by atoms with van der Waals surface area (Å²) in [6, 6.07) is 20.4. The molecule has 0 saturated carbocycles. The van der Waals surface area contributed by atoms with E-state index in [1.807, 2.05) is 60.7 Å². The van der Waals surface area contributed by atoms with Crippen molar-refractivity contribution >= 4 is 73.7 Å². The van der Waals surface area contributed by atoms with Gasteiger partial charge in [0.05, 0.1) is 10.6 Å². The van der Waals surface area contributed by atoms with E-state index in [-0.39, 0.29) is 5.91 Å². The lowest BCUT2D eigenvalue weighted by Gasteiger charge is -2.08. The van der Waals surface area contributed by atoms with Crippen LogP contribution in [0.3, 0.4) is 0 Å². The van der Waals surface area contributed by atoms with Crippen LogP contribution in [0.5, 0.6) is 5.75 Å². The molecule has 0 bridgehead atoms. The Morgan fingerprint density at radius 1 is 1.06 bits per heavy atom. The molecule has 4 nitrogen and oxygen atoms in total. The minimum absolute atomic E-state index is 0.170. The van der Waals surface area contributed by atoms with Gasteiger partial charge in [-0.1, -0.05) is 63.4 Å². The summed E-state index contributed by atoms with van der Waals surface area (Å²) in [5.74, 6) is 0.532. The molecule has 1 N–H and O–H groups in total. The Morgan fingerprint density at radius 2 is 1.87 bits per heavy atom. The van der Waals surface area contributed by atoms with Gasteiger partial charge in [0.25, 0.3) is 5.91 Å². The topological polar surface area (TPSA) is 50.7 Å². The summed E-state index contributed by atoms with van der Waals surface area (Å²) >= 11 is 16.8. The number of amides is 1. The number of benzene rings is 3. The predicted molar refractivity (Wildman–Crippen MR) is 132 cm³/mol. The van der Waals surface area contributed by atoms with Crippen LogP contribution in [0.25, 0.3) is 6.08 Å². The first-order chi connectivity index (χ1) is 15.0. The molecule has 1 aliphatic heterocycles. The summed E-state index contributed by atoms with van der Waals surface area (Å²) in [4.78, 5) is 17.3. The third kappa shape index (κ3) is 5.92. The van der Waals surface area contributed by atoms with Crippen LogP contribution < -0.4 is 10.1 Å². The maximum atomic E-state index is 12.3. The van der Waals surface area contributed by atoms with Gasteiger partial charge in [0, 0.05) is 20.1 Å². The molecule has 0 atom stereocenters. The third-order valence-corrected chi connectivity index (χ3v) is 6.27. The molecule has 0 spiro atoms. The smallest absolute Gasteiger partial charge is 0.264 e. The molecule has 3 aromatic carbocycles. The van der Waals surface area contributed by atoms with Gasteiger partial charge in [-0.25, -0.2) is 4.99 Å². The highest BCUT2D eigenvalue weighted by atomic mass is 79.9. The second-order valence-corrected chi connectivity index (χ2v) is 9.35. The largest absolute Gasteiger partial charge is 0.489 e. The van der Waals surface area contributed by atoms with Crippen LogP contribution in [0, 0.1) is 0 Å². The summed E-state index contributed by atoms with van der Waals surface area (Å²) < 4.78 is 6.73. The number of ether oxygens (including phenoxy) is 1. The molecule has 0 aliphatic carbocycles. The van der Waals surface area contributed by atoms with Crippen molar-refractivity contribution in [2.75, 3.05) is 0 Å². The molecule has 8 heteroatoms. The second-order valence-electron chi connectivity index (χ2n) is 6.56. The normalized spacial score (nSPS) is 16.0. The van der Waals surface area contributed by atoms with Gasteiger partial charge < -0.3 is 10.1 Å². The number of amidine groups is 1. The molecule has 1 heterocycles. The van der Waals surface area contributed by atoms with Gasteiger partial charge >= 0.3 is 0 Å². The maximum absolute atomic E-state index is 12.3. The van der Waals surface area contributed by atoms with Crippen LogP contribution in [0.1, 0.15) is 11.1 Å². The molecule has 1 saturated heterocycles. The van der Waals surface area contributed by atoms with Crippen LogP contribution >= 0.6 is 50.9 Å². The van der Waals surface area contributed by atoms with E-state index in [0.29, 0.717) is 32.5 Å². The molecule has 0 radical (unpaired) electrons. The molecular formula is C23H15BrCl2N2O2S. The Morgan fingerprint density at radius 3 is 2.61 bits per heavy atom. The van der Waals surface area contributed by atoms with Gasteiger partial charge in [-0.3, -0.25) is 4.79 Å². The van der Waals surface area contributed by atoms with Crippen LogP contribution in [-0.4, -0.2) is 11.1 Å². The molecule has 0 unspecified atom stereocenters. The lowest BCUT2D eigenvalue weighted by Crippen LogP contribution is -2.19. The first-order valence-electron chi connectivity index (χ1n) is 9.18. The van der Waals surface area contributed by atoms with Gasteiger partial charge in [0.15, 0.2) is 5.17 Å². The van der Waals surface area contributed by atoms with Crippen molar-refractivity contribution in [1.82, 2.24) is 5.32 Å². The predicted octanol–water partition coefficient (Wildman–Crippen LogP) is 7.23. The van der Waals surface area contributed by atoms with Crippen molar-refractivity contribution in [1.29, 1.82) is 0 Å². The Balaban J connectivity index is 1.41. The highest BCUT2D eigenvalue weighted by Crippen LogP contribution is 2.29. The number of nitrogens with zero attached hydrogens (tertiary/aromatic N) is 1. The van der Waals surface area contributed by atoms with E-state index in [4.69, 9.17) is 27.9 Å². The number of carbonyl (C=O) groups excluding carboxylic acids is 1. The zero-order valence-electron chi connectivity index (χ0n) is 15.9. The first-order valence-corrected chi connectivity index (χ1v) is 11.5. The highest BCUT2D eigenvalue weighted by Gasteiger charge is 2.23. The van der Waals surface area contributed by atoms with Crippen molar-refractivity contribution in [3.8, 4) is 5.75 Å². The summed E-state index contributed by atoms with van der Waals surface area (Å²) in [6.45, 7) is 0.337. The third-order valence-electron chi connectivity index (χ3n) is 4.28. The Hall–Kier alpha value is -2.25. The molecule has 1 aliphatic rings. The van der Waals surface area contributed by atoms with Gasteiger partial charge in [0.2, 0.25) is 0 Å². The van der Waals surface area contributed by atoms with E-state index < -0.39 is 0 Å². The minimum atomic E-state index is -0.170. The molecule has 156 valence electrons. The van der Waals surface area contributed by atoms with Gasteiger partial charge in [0.1, 0.15) is 12.4 Å². The van der Waals surface area contributed by atoms with Gasteiger partial charge in [-0.05, 0) is 65.9 Å². The van der Waals surface area contributed by atoms with Crippen LogP contribution in [0.15, 0.2) is 81.1 Å². The lowest BCUT2D eigenvalue weighted by atomic mass is 10.2. The molecule has 4 rings (SSSR count). The van der Waals surface area contributed by atoms with E-state index in [1.165, 1.54) is 11.8 Å². The van der Waals surface area contributed by atoms with Gasteiger partial charge in [-0.15, -0.1) is 0 Å². The Labute approximate surface area is 202 Å². The molecule has 1 amide bonds. The van der Waals surface area contributed by atoms with Crippen molar-refractivity contribution in [2.45, 2.75) is 6.61 Å². The molecule has 31 heavy (non-hydrogen) atoms. The van der Waals surface area contributed by atoms with E-state index in [2.05, 4.69) is 26.2 Å². The number of rotatable bonds is 5. The quantitative estimate of drug-likeness (QED) is 0.352. The van der Waals surface area contributed by atoms with Crippen LogP contribution in [0.4, 0.5) is 5.69 Å². The van der Waals surface area contributed by atoms with E-state index in [1.54, 1.807) is 12.1 Å². The molecular weight excluding hydrogens is 519 g/mol. The minimum Gasteiger partial charge on any atom is -0.489 e. The maximum Gasteiger partial charge on any atom is 0.264 e.